The number of H-pyrrole nitrogens is 1. The fourth-order valence-electron chi connectivity index (χ4n) is 3.17. The largest absolute Gasteiger partial charge is 0.494 e. The number of nitriles is 1. The number of benzene rings is 1. The predicted octanol–water partition coefficient (Wildman–Crippen LogP) is 3.76. The van der Waals surface area contributed by atoms with Crippen LogP contribution in [-0.4, -0.2) is 16.8 Å². The lowest BCUT2D eigenvalue weighted by Crippen LogP contribution is -2.21. The lowest BCUT2D eigenvalue weighted by Gasteiger charge is -2.24. The highest BCUT2D eigenvalue weighted by atomic mass is 16.5. The Bertz CT molecular complexity index is 830. The molecule has 6 nitrogen and oxygen atoms in total. The molecule has 0 saturated carbocycles. The third kappa shape index (κ3) is 3.38. The van der Waals surface area contributed by atoms with Gasteiger partial charge < -0.3 is 15.2 Å². The van der Waals surface area contributed by atoms with Crippen LogP contribution in [0, 0.1) is 11.3 Å². The molecule has 0 radical (unpaired) electrons. The van der Waals surface area contributed by atoms with E-state index < -0.39 is 0 Å². The van der Waals surface area contributed by atoms with Crippen molar-refractivity contribution in [2.24, 2.45) is 5.73 Å². The van der Waals surface area contributed by atoms with E-state index in [0.29, 0.717) is 18.1 Å². The molecule has 0 unspecified atom stereocenters. The minimum atomic E-state index is -0.284. The molecular formula is C20H24N4O2. The molecule has 0 bridgehead atoms. The SMILES string of the molecule is CCCCOc1ccc([C@@H]2C(C#N)=C(N)Oc3n[nH]c(CCC)c32)cc1. The molecule has 1 aliphatic heterocycles. The molecule has 0 aliphatic carbocycles. The van der Waals surface area contributed by atoms with Gasteiger partial charge in [-0.15, -0.1) is 5.10 Å². The quantitative estimate of drug-likeness (QED) is 0.740. The zero-order valence-corrected chi connectivity index (χ0v) is 15.2. The predicted molar refractivity (Wildman–Crippen MR) is 98.7 cm³/mol. The molecule has 0 fully saturated rings. The number of unbranched alkanes of at least 4 members (excludes halogenated alkanes) is 1. The molecule has 1 atom stereocenters. The zero-order valence-electron chi connectivity index (χ0n) is 15.2. The number of aryl methyl sites for hydroxylation is 1. The van der Waals surface area contributed by atoms with E-state index >= 15 is 0 Å². The maximum atomic E-state index is 9.65. The number of hydrogen-bond acceptors (Lipinski definition) is 5. The first kappa shape index (κ1) is 17.9. The second-order valence-corrected chi connectivity index (χ2v) is 6.37. The summed E-state index contributed by atoms with van der Waals surface area (Å²) < 4.78 is 11.3. The molecule has 0 spiro atoms. The number of hydrogen-bond donors (Lipinski definition) is 2. The van der Waals surface area contributed by atoms with Gasteiger partial charge in [-0.05, 0) is 30.5 Å². The van der Waals surface area contributed by atoms with Gasteiger partial charge in [-0.25, -0.2) is 0 Å². The molecule has 3 N–H and O–H groups in total. The Morgan fingerprint density at radius 3 is 2.69 bits per heavy atom. The third-order valence-corrected chi connectivity index (χ3v) is 4.50. The number of aromatic nitrogens is 2. The Kier molecular flexibility index (Phi) is 5.47. The molecular weight excluding hydrogens is 328 g/mol. The average Bonchev–Trinajstić information content (AvgIpc) is 3.04. The highest BCUT2D eigenvalue weighted by Crippen LogP contribution is 2.43. The Hall–Kier alpha value is -2.94. The highest BCUT2D eigenvalue weighted by Gasteiger charge is 2.34. The summed E-state index contributed by atoms with van der Waals surface area (Å²) in [5, 5.41) is 16.9. The van der Waals surface area contributed by atoms with Crippen LogP contribution in [0.2, 0.25) is 0 Å². The van der Waals surface area contributed by atoms with E-state index in [1.54, 1.807) is 0 Å². The van der Waals surface area contributed by atoms with Crippen molar-refractivity contribution in [1.82, 2.24) is 10.2 Å². The first-order valence-electron chi connectivity index (χ1n) is 9.07. The van der Waals surface area contributed by atoms with Gasteiger partial charge in [-0.2, -0.15) is 5.26 Å². The highest BCUT2D eigenvalue weighted by molar-refractivity contribution is 5.55. The molecule has 2 aromatic rings. The van der Waals surface area contributed by atoms with Crippen molar-refractivity contribution in [3.63, 3.8) is 0 Å². The van der Waals surface area contributed by atoms with Gasteiger partial charge in [-0.1, -0.05) is 38.8 Å². The van der Waals surface area contributed by atoms with Gasteiger partial charge in [0.2, 0.25) is 11.8 Å². The van der Waals surface area contributed by atoms with Crippen molar-refractivity contribution in [3.8, 4) is 17.7 Å². The minimum absolute atomic E-state index is 0.114. The standard InChI is InChI=1S/C20H24N4O2/c1-3-5-11-25-14-9-7-13(8-10-14)17-15(12-21)19(22)26-20-18(17)16(6-4-2)23-24-20/h7-10,17H,3-6,11,22H2,1-2H3,(H,23,24)/t17-/m1/s1. The van der Waals surface area contributed by atoms with E-state index in [4.69, 9.17) is 15.2 Å². The third-order valence-electron chi connectivity index (χ3n) is 4.50. The summed E-state index contributed by atoms with van der Waals surface area (Å²) in [5.74, 6) is 1.11. The molecule has 1 aromatic heterocycles. The number of nitrogens with two attached hydrogens (primary N) is 1. The van der Waals surface area contributed by atoms with Gasteiger partial charge in [0, 0.05) is 11.3 Å². The van der Waals surface area contributed by atoms with Crippen molar-refractivity contribution in [2.45, 2.75) is 45.4 Å². The van der Waals surface area contributed by atoms with Crippen LogP contribution in [-0.2, 0) is 6.42 Å². The lowest BCUT2D eigenvalue weighted by molar-refractivity contribution is 0.309. The van der Waals surface area contributed by atoms with Crippen LogP contribution < -0.4 is 15.2 Å². The Labute approximate surface area is 153 Å². The molecule has 0 amide bonds. The van der Waals surface area contributed by atoms with Gasteiger partial charge in [0.25, 0.3) is 0 Å². The van der Waals surface area contributed by atoms with Crippen LogP contribution in [0.3, 0.4) is 0 Å². The maximum Gasteiger partial charge on any atom is 0.244 e. The Morgan fingerprint density at radius 1 is 1.27 bits per heavy atom. The number of aromatic amines is 1. The number of nitrogens with zero attached hydrogens (tertiary/aromatic N) is 2. The minimum Gasteiger partial charge on any atom is -0.494 e. The van der Waals surface area contributed by atoms with Crippen LogP contribution in [0.4, 0.5) is 0 Å². The average molecular weight is 352 g/mol. The van der Waals surface area contributed by atoms with E-state index in [1.807, 2.05) is 24.3 Å². The fraction of sp³-hybridized carbons (Fsp3) is 0.400. The van der Waals surface area contributed by atoms with Crippen LogP contribution in [0.25, 0.3) is 0 Å². The number of ether oxygens (including phenoxy) is 2. The molecule has 26 heavy (non-hydrogen) atoms. The summed E-state index contributed by atoms with van der Waals surface area (Å²) in [5.41, 5.74) is 9.25. The second kappa shape index (κ2) is 7.96. The normalized spacial score (nSPS) is 16.0. The van der Waals surface area contributed by atoms with Gasteiger partial charge in [0.15, 0.2) is 0 Å². The van der Waals surface area contributed by atoms with Crippen molar-refractivity contribution < 1.29 is 9.47 Å². The number of rotatable bonds is 7. The molecule has 6 heteroatoms. The van der Waals surface area contributed by atoms with E-state index in [0.717, 1.165) is 48.3 Å². The van der Waals surface area contributed by atoms with E-state index in [-0.39, 0.29) is 11.8 Å². The molecule has 1 aliphatic rings. The van der Waals surface area contributed by atoms with Crippen LogP contribution in [0.5, 0.6) is 11.6 Å². The Morgan fingerprint density at radius 2 is 2.04 bits per heavy atom. The zero-order chi connectivity index (χ0) is 18.5. The van der Waals surface area contributed by atoms with E-state index in [9.17, 15) is 5.26 Å². The number of nitrogens with one attached hydrogen (secondary N) is 1. The maximum absolute atomic E-state index is 9.65. The fourth-order valence-corrected chi connectivity index (χ4v) is 3.17. The van der Waals surface area contributed by atoms with Gasteiger partial charge in [0.05, 0.1) is 12.5 Å². The van der Waals surface area contributed by atoms with Crippen molar-refractivity contribution in [3.05, 3.63) is 52.5 Å². The van der Waals surface area contributed by atoms with Gasteiger partial charge >= 0.3 is 0 Å². The summed E-state index contributed by atoms with van der Waals surface area (Å²) in [4.78, 5) is 0. The van der Waals surface area contributed by atoms with Crippen LogP contribution in [0.1, 0.15) is 55.8 Å². The van der Waals surface area contributed by atoms with Crippen LogP contribution >= 0.6 is 0 Å². The first-order chi connectivity index (χ1) is 12.7. The molecule has 2 heterocycles. The first-order valence-corrected chi connectivity index (χ1v) is 9.07. The molecule has 136 valence electrons. The number of allylic oxidation sites excluding steroid dienone is 1. The van der Waals surface area contributed by atoms with Gasteiger partial charge in [0.1, 0.15) is 17.4 Å². The monoisotopic (exact) mass is 352 g/mol. The summed E-state index contributed by atoms with van der Waals surface area (Å²) in [6.07, 6.45) is 3.92. The van der Waals surface area contributed by atoms with E-state index in [2.05, 4.69) is 30.1 Å². The summed E-state index contributed by atoms with van der Waals surface area (Å²) in [6.45, 7) is 4.94. The van der Waals surface area contributed by atoms with Crippen molar-refractivity contribution in [1.29, 1.82) is 5.26 Å². The molecule has 1 aromatic carbocycles. The number of fused-ring (bicyclic) bond motifs is 1. The molecule has 0 saturated heterocycles. The summed E-state index contributed by atoms with van der Waals surface area (Å²) in [6, 6.07) is 10.0. The van der Waals surface area contributed by atoms with Gasteiger partial charge in [-0.3, -0.25) is 5.10 Å². The topological polar surface area (TPSA) is 96.9 Å². The summed E-state index contributed by atoms with van der Waals surface area (Å²) in [7, 11) is 0. The van der Waals surface area contributed by atoms with Crippen molar-refractivity contribution >= 4 is 0 Å². The van der Waals surface area contributed by atoms with E-state index in [1.165, 1.54) is 0 Å². The van der Waals surface area contributed by atoms with Crippen LogP contribution in [0.15, 0.2) is 35.7 Å². The Balaban J connectivity index is 1.97. The summed E-state index contributed by atoms with van der Waals surface area (Å²) >= 11 is 0. The second-order valence-electron chi connectivity index (χ2n) is 6.37. The smallest absolute Gasteiger partial charge is 0.244 e. The molecule has 3 rings (SSSR count). The van der Waals surface area contributed by atoms with Crippen molar-refractivity contribution in [2.75, 3.05) is 6.61 Å². The lowest BCUT2D eigenvalue weighted by atomic mass is 9.83.